The minimum atomic E-state index is -0.699. The fourth-order valence-corrected chi connectivity index (χ4v) is 2.64. The van der Waals surface area contributed by atoms with Crippen molar-refractivity contribution in [1.82, 2.24) is 4.90 Å². The van der Waals surface area contributed by atoms with E-state index in [9.17, 15) is 9.50 Å². The number of piperidine rings is 1. The van der Waals surface area contributed by atoms with Crippen LogP contribution in [-0.2, 0) is 10.3 Å². The van der Waals surface area contributed by atoms with Crippen LogP contribution in [0.15, 0.2) is 24.3 Å². The van der Waals surface area contributed by atoms with Crippen molar-refractivity contribution in [3.8, 4) is 0 Å². The Hall–Kier alpha value is -0.970. The number of benzene rings is 1. The number of β-amino-alcohol motifs (C(OH)–C–C–N with tert-alkyl or cyclic N) is 1. The Bertz CT molecular complexity index is 395. The number of rotatable bonds is 3. The Morgan fingerprint density at radius 2 is 2.11 bits per heavy atom. The third-order valence-corrected chi connectivity index (χ3v) is 3.62. The van der Waals surface area contributed by atoms with Crippen molar-refractivity contribution in [1.29, 1.82) is 0 Å². The van der Waals surface area contributed by atoms with Crippen LogP contribution in [0.3, 0.4) is 0 Å². The van der Waals surface area contributed by atoms with E-state index in [-0.39, 0.29) is 5.82 Å². The first-order chi connectivity index (χ1) is 8.58. The molecule has 18 heavy (non-hydrogen) atoms. The number of ether oxygens (including phenoxy) is 1. The highest BCUT2D eigenvalue weighted by Crippen LogP contribution is 2.36. The number of likely N-dealkylation sites (tertiary alicyclic amines) is 1. The molecule has 3 nitrogen and oxygen atoms in total. The van der Waals surface area contributed by atoms with Crippen molar-refractivity contribution in [3.05, 3.63) is 35.6 Å². The minimum Gasteiger partial charge on any atom is -0.388 e. The van der Waals surface area contributed by atoms with Gasteiger partial charge in [0.1, 0.15) is 11.4 Å². The van der Waals surface area contributed by atoms with Gasteiger partial charge in [0.05, 0.1) is 6.10 Å². The van der Waals surface area contributed by atoms with Gasteiger partial charge in [-0.3, -0.25) is 0 Å². The number of halogens is 1. The molecule has 0 aliphatic carbocycles. The van der Waals surface area contributed by atoms with Crippen molar-refractivity contribution in [2.24, 2.45) is 0 Å². The summed E-state index contributed by atoms with van der Waals surface area (Å²) in [5.41, 5.74) is 0.154. The Balaban J connectivity index is 2.34. The van der Waals surface area contributed by atoms with Crippen LogP contribution < -0.4 is 0 Å². The zero-order chi connectivity index (χ0) is 13.2. The van der Waals surface area contributed by atoms with Gasteiger partial charge < -0.3 is 14.7 Å². The Kier molecular flexibility index (Phi) is 4.00. The van der Waals surface area contributed by atoms with E-state index in [4.69, 9.17) is 4.74 Å². The highest BCUT2D eigenvalue weighted by atomic mass is 19.1. The fraction of sp³-hybridized carbons (Fsp3) is 0.571. The summed E-state index contributed by atoms with van der Waals surface area (Å²) in [6.07, 6.45) is 0.117. The van der Waals surface area contributed by atoms with Crippen LogP contribution >= 0.6 is 0 Å². The van der Waals surface area contributed by atoms with Crippen LogP contribution in [0.5, 0.6) is 0 Å². The van der Waals surface area contributed by atoms with E-state index in [1.807, 2.05) is 14.0 Å². The largest absolute Gasteiger partial charge is 0.388 e. The molecule has 4 heteroatoms. The summed E-state index contributed by atoms with van der Waals surface area (Å²) < 4.78 is 18.9. The SMILES string of the molecule is CCOC1(c2ccc(F)cc2)CCN(C)CC1O. The Morgan fingerprint density at radius 1 is 1.44 bits per heavy atom. The maximum Gasteiger partial charge on any atom is 0.123 e. The number of hydrogen-bond donors (Lipinski definition) is 1. The summed E-state index contributed by atoms with van der Waals surface area (Å²) in [5.74, 6) is -0.271. The van der Waals surface area contributed by atoms with E-state index < -0.39 is 11.7 Å². The highest BCUT2D eigenvalue weighted by molar-refractivity contribution is 5.26. The summed E-state index contributed by atoms with van der Waals surface area (Å²) >= 11 is 0. The van der Waals surface area contributed by atoms with Gasteiger partial charge in [-0.2, -0.15) is 0 Å². The van der Waals surface area contributed by atoms with Gasteiger partial charge in [0, 0.05) is 19.7 Å². The quantitative estimate of drug-likeness (QED) is 0.891. The van der Waals surface area contributed by atoms with Crippen molar-refractivity contribution in [3.63, 3.8) is 0 Å². The molecule has 2 atom stereocenters. The van der Waals surface area contributed by atoms with Crippen molar-refractivity contribution >= 4 is 0 Å². The van der Waals surface area contributed by atoms with Crippen LogP contribution in [0.2, 0.25) is 0 Å². The summed E-state index contributed by atoms with van der Waals surface area (Å²) in [4.78, 5) is 2.07. The molecular weight excluding hydrogens is 233 g/mol. The predicted octanol–water partition coefficient (Wildman–Crippen LogP) is 1.75. The number of hydrogen-bond acceptors (Lipinski definition) is 3. The molecule has 1 aromatic carbocycles. The van der Waals surface area contributed by atoms with Gasteiger partial charge in [-0.15, -0.1) is 0 Å². The first kappa shape index (κ1) is 13.5. The standard InChI is InChI=1S/C14H20FNO2/c1-3-18-14(8-9-16(2)10-13(14)17)11-4-6-12(15)7-5-11/h4-7,13,17H,3,8-10H2,1-2H3. The average Bonchev–Trinajstić information content (AvgIpc) is 2.34. The minimum absolute atomic E-state index is 0.271. The van der Waals surface area contributed by atoms with Gasteiger partial charge in [-0.25, -0.2) is 4.39 Å². The zero-order valence-electron chi connectivity index (χ0n) is 10.9. The van der Waals surface area contributed by atoms with Gasteiger partial charge in [-0.05, 0) is 38.1 Å². The molecule has 2 rings (SSSR count). The van der Waals surface area contributed by atoms with Gasteiger partial charge in [0.2, 0.25) is 0 Å². The molecule has 1 N–H and O–H groups in total. The first-order valence-electron chi connectivity index (χ1n) is 6.35. The molecule has 1 aliphatic rings. The van der Waals surface area contributed by atoms with Crippen molar-refractivity contribution in [2.75, 3.05) is 26.7 Å². The van der Waals surface area contributed by atoms with Crippen LogP contribution in [0.1, 0.15) is 18.9 Å². The monoisotopic (exact) mass is 253 g/mol. The van der Waals surface area contributed by atoms with E-state index in [1.54, 1.807) is 12.1 Å². The summed E-state index contributed by atoms with van der Waals surface area (Å²) in [6, 6.07) is 6.25. The van der Waals surface area contributed by atoms with Crippen LogP contribution in [0, 0.1) is 5.82 Å². The maximum atomic E-state index is 13.0. The second-order valence-electron chi connectivity index (χ2n) is 4.86. The molecule has 1 heterocycles. The lowest BCUT2D eigenvalue weighted by Gasteiger charge is -2.44. The van der Waals surface area contributed by atoms with Crippen molar-refractivity contribution in [2.45, 2.75) is 25.0 Å². The van der Waals surface area contributed by atoms with Gasteiger partial charge >= 0.3 is 0 Å². The van der Waals surface area contributed by atoms with E-state index in [0.717, 1.165) is 12.1 Å². The van der Waals surface area contributed by atoms with Crippen LogP contribution in [0.25, 0.3) is 0 Å². The maximum absolute atomic E-state index is 13.0. The molecule has 0 bridgehead atoms. The van der Waals surface area contributed by atoms with Crippen molar-refractivity contribution < 1.29 is 14.2 Å². The summed E-state index contributed by atoms with van der Waals surface area (Å²) in [5, 5.41) is 10.4. The predicted molar refractivity (Wildman–Crippen MR) is 67.8 cm³/mol. The molecule has 0 aromatic heterocycles. The molecule has 100 valence electrons. The van der Waals surface area contributed by atoms with Gasteiger partial charge in [-0.1, -0.05) is 12.1 Å². The highest BCUT2D eigenvalue weighted by Gasteiger charge is 2.43. The molecule has 1 aromatic rings. The van der Waals surface area contributed by atoms with Gasteiger partial charge in [0.25, 0.3) is 0 Å². The number of aliphatic hydroxyl groups excluding tert-OH is 1. The lowest BCUT2D eigenvalue weighted by Crippen LogP contribution is -2.53. The third kappa shape index (κ3) is 2.41. The number of likely N-dealkylation sites (N-methyl/N-ethyl adjacent to an activating group) is 1. The second kappa shape index (κ2) is 5.34. The zero-order valence-corrected chi connectivity index (χ0v) is 10.9. The van der Waals surface area contributed by atoms with E-state index >= 15 is 0 Å². The number of aliphatic hydroxyl groups is 1. The normalized spacial score (nSPS) is 29.4. The van der Waals surface area contributed by atoms with E-state index in [2.05, 4.69) is 4.90 Å². The second-order valence-corrected chi connectivity index (χ2v) is 4.86. The number of nitrogens with zero attached hydrogens (tertiary/aromatic N) is 1. The van der Waals surface area contributed by atoms with E-state index in [1.165, 1.54) is 12.1 Å². The summed E-state index contributed by atoms with van der Waals surface area (Å²) in [7, 11) is 1.98. The third-order valence-electron chi connectivity index (χ3n) is 3.62. The van der Waals surface area contributed by atoms with Crippen LogP contribution in [0.4, 0.5) is 4.39 Å². The Morgan fingerprint density at radius 3 is 2.67 bits per heavy atom. The first-order valence-corrected chi connectivity index (χ1v) is 6.35. The fourth-order valence-electron chi connectivity index (χ4n) is 2.64. The molecule has 1 saturated heterocycles. The molecular formula is C14H20FNO2. The molecule has 1 aliphatic heterocycles. The smallest absolute Gasteiger partial charge is 0.123 e. The topological polar surface area (TPSA) is 32.7 Å². The Labute approximate surface area is 107 Å². The molecule has 1 fully saturated rings. The van der Waals surface area contributed by atoms with Crippen LogP contribution in [-0.4, -0.2) is 42.9 Å². The molecule has 0 saturated carbocycles. The molecule has 0 amide bonds. The summed E-state index contributed by atoms with van der Waals surface area (Å²) in [6.45, 7) is 3.86. The average molecular weight is 253 g/mol. The lowest BCUT2D eigenvalue weighted by molar-refractivity contribution is -0.158. The lowest BCUT2D eigenvalue weighted by atomic mass is 9.82. The molecule has 2 unspecified atom stereocenters. The van der Waals surface area contributed by atoms with Gasteiger partial charge in [0.15, 0.2) is 0 Å². The molecule has 0 spiro atoms. The molecule has 0 radical (unpaired) electrons. The van der Waals surface area contributed by atoms with E-state index in [0.29, 0.717) is 19.6 Å².